The highest BCUT2D eigenvalue weighted by Gasteiger charge is 2.24. The Morgan fingerprint density at radius 3 is 1.28 bits per heavy atom. The second-order valence-electron chi connectivity index (χ2n) is 12.0. The Morgan fingerprint density at radius 2 is 0.880 bits per heavy atom. The minimum absolute atomic E-state index is 0.130. The van der Waals surface area contributed by atoms with Gasteiger partial charge in [-0.2, -0.15) is 0 Å². The van der Waals surface area contributed by atoms with Gasteiger partial charge in [-0.15, -0.1) is 0 Å². The molecule has 0 amide bonds. The molecule has 4 aromatic carbocycles. The van der Waals surface area contributed by atoms with Crippen LogP contribution in [0.1, 0.15) is 35.1 Å². The van der Waals surface area contributed by atoms with Gasteiger partial charge in [-0.05, 0) is 108 Å². The van der Waals surface area contributed by atoms with Crippen LogP contribution in [0.2, 0.25) is 0 Å². The molecule has 0 saturated heterocycles. The van der Waals surface area contributed by atoms with Gasteiger partial charge in [0.15, 0.2) is 23.0 Å². The number of aromatic hydroxyl groups is 2. The molecule has 0 spiro atoms. The van der Waals surface area contributed by atoms with Crippen molar-refractivity contribution in [1.82, 2.24) is 0 Å². The molecule has 0 bridgehead atoms. The minimum Gasteiger partial charge on any atom is -0.508 e. The summed E-state index contributed by atoms with van der Waals surface area (Å²) in [6.07, 6.45) is 3.26. The number of ether oxygens (including phenoxy) is 8. The van der Waals surface area contributed by atoms with E-state index in [1.165, 1.54) is 0 Å². The standard InChI is InChI=1S/C40H50O10/c1-43-35-20-29(21-36(44-2)39(35)47-5)24-49-17-7-8-31(18-27-9-13-33(41)14-10-27)32(19-28-11-15-34(42)16-12-28)26-50-25-30-22-37(45-3)40(48-6)38(23-30)46-4/h9-16,20-23,31-32,41-42H,7-8,17-19,24-26H2,1-6H3/t31-,32+/m0/s1. The van der Waals surface area contributed by atoms with Crippen molar-refractivity contribution in [3.05, 3.63) is 95.1 Å². The Bertz CT molecular complexity index is 1550. The van der Waals surface area contributed by atoms with Gasteiger partial charge >= 0.3 is 0 Å². The average molecular weight is 691 g/mol. The van der Waals surface area contributed by atoms with E-state index in [0.717, 1.165) is 47.9 Å². The number of hydrogen-bond donors (Lipinski definition) is 2. The zero-order valence-corrected chi connectivity index (χ0v) is 29.9. The van der Waals surface area contributed by atoms with Crippen molar-refractivity contribution in [2.24, 2.45) is 11.8 Å². The number of phenols is 2. The molecular formula is C40H50O10. The van der Waals surface area contributed by atoms with E-state index in [2.05, 4.69) is 0 Å². The maximum atomic E-state index is 9.93. The first-order chi connectivity index (χ1) is 24.3. The molecule has 0 heterocycles. The molecule has 2 atom stereocenters. The lowest BCUT2D eigenvalue weighted by molar-refractivity contribution is 0.0578. The molecule has 0 fully saturated rings. The predicted molar refractivity (Wildman–Crippen MR) is 191 cm³/mol. The Hall–Kier alpha value is -4.80. The molecule has 4 aromatic rings. The van der Waals surface area contributed by atoms with Gasteiger partial charge < -0.3 is 48.1 Å². The van der Waals surface area contributed by atoms with Crippen LogP contribution in [0.5, 0.6) is 46.0 Å². The van der Waals surface area contributed by atoms with Gasteiger partial charge in [0.1, 0.15) is 11.5 Å². The summed E-state index contributed by atoms with van der Waals surface area (Å²) in [5, 5.41) is 19.9. The highest BCUT2D eigenvalue weighted by atomic mass is 16.5. The van der Waals surface area contributed by atoms with Gasteiger partial charge in [0.05, 0.1) is 62.5 Å². The fourth-order valence-corrected chi connectivity index (χ4v) is 6.14. The quantitative estimate of drug-likeness (QED) is 0.0859. The van der Waals surface area contributed by atoms with Gasteiger partial charge in [-0.1, -0.05) is 24.3 Å². The molecule has 0 unspecified atom stereocenters. The van der Waals surface area contributed by atoms with E-state index >= 15 is 0 Å². The fourth-order valence-electron chi connectivity index (χ4n) is 6.14. The second kappa shape index (κ2) is 19.4. The number of rotatable bonds is 21. The molecule has 0 radical (unpaired) electrons. The molecule has 0 aliphatic heterocycles. The van der Waals surface area contributed by atoms with Crippen LogP contribution in [-0.2, 0) is 35.5 Å². The molecule has 4 rings (SSSR count). The monoisotopic (exact) mass is 690 g/mol. The Labute approximate surface area is 295 Å². The van der Waals surface area contributed by atoms with Gasteiger partial charge in [0.2, 0.25) is 11.5 Å². The summed E-state index contributed by atoms with van der Waals surface area (Å²) in [6, 6.07) is 22.3. The molecule has 0 aliphatic carbocycles. The molecule has 10 heteroatoms. The lowest BCUT2D eigenvalue weighted by atomic mass is 9.80. The normalized spacial score (nSPS) is 12.2. The van der Waals surface area contributed by atoms with Crippen LogP contribution >= 0.6 is 0 Å². The highest BCUT2D eigenvalue weighted by Crippen LogP contribution is 2.39. The van der Waals surface area contributed by atoms with Crippen molar-refractivity contribution < 1.29 is 48.1 Å². The third-order valence-corrected chi connectivity index (χ3v) is 8.72. The lowest BCUT2D eigenvalue weighted by Crippen LogP contribution is -2.25. The van der Waals surface area contributed by atoms with Crippen molar-refractivity contribution in [1.29, 1.82) is 0 Å². The molecule has 0 aliphatic rings. The summed E-state index contributed by atoms with van der Waals surface area (Å²) in [7, 11) is 9.55. The Morgan fingerprint density at radius 1 is 0.480 bits per heavy atom. The molecule has 50 heavy (non-hydrogen) atoms. The minimum atomic E-state index is 0.130. The van der Waals surface area contributed by atoms with Crippen molar-refractivity contribution in [3.63, 3.8) is 0 Å². The first-order valence-corrected chi connectivity index (χ1v) is 16.6. The molecular weight excluding hydrogens is 640 g/mol. The van der Waals surface area contributed by atoms with Crippen molar-refractivity contribution >= 4 is 0 Å². The highest BCUT2D eigenvalue weighted by molar-refractivity contribution is 5.54. The summed E-state index contributed by atoms with van der Waals surface area (Å²) in [5.41, 5.74) is 4.06. The van der Waals surface area contributed by atoms with E-state index in [1.807, 2.05) is 48.5 Å². The molecule has 10 nitrogen and oxygen atoms in total. The van der Waals surface area contributed by atoms with E-state index in [-0.39, 0.29) is 23.3 Å². The van der Waals surface area contributed by atoms with Gasteiger partial charge in [0, 0.05) is 6.61 Å². The van der Waals surface area contributed by atoms with Crippen molar-refractivity contribution in [2.45, 2.75) is 38.9 Å². The second-order valence-corrected chi connectivity index (χ2v) is 12.0. The maximum absolute atomic E-state index is 9.93. The van der Waals surface area contributed by atoms with Crippen LogP contribution < -0.4 is 28.4 Å². The van der Waals surface area contributed by atoms with Crippen molar-refractivity contribution in [2.75, 3.05) is 55.9 Å². The van der Waals surface area contributed by atoms with E-state index in [4.69, 9.17) is 37.9 Å². The van der Waals surface area contributed by atoms with Crippen LogP contribution in [0.4, 0.5) is 0 Å². The average Bonchev–Trinajstić information content (AvgIpc) is 3.14. The first kappa shape index (κ1) is 38.0. The van der Waals surface area contributed by atoms with Crippen LogP contribution in [-0.4, -0.2) is 66.1 Å². The molecule has 0 saturated carbocycles. The summed E-state index contributed by atoms with van der Waals surface area (Å²) >= 11 is 0. The third kappa shape index (κ3) is 10.6. The fraction of sp³-hybridized carbons (Fsp3) is 0.400. The lowest BCUT2D eigenvalue weighted by Gasteiger charge is -2.28. The number of methoxy groups -OCH3 is 6. The predicted octanol–water partition coefficient (Wildman–Crippen LogP) is 7.38. The summed E-state index contributed by atoms with van der Waals surface area (Å²) in [6.45, 7) is 1.80. The zero-order chi connectivity index (χ0) is 35.9. The van der Waals surface area contributed by atoms with Crippen LogP contribution in [0, 0.1) is 11.8 Å². The Balaban J connectivity index is 1.50. The van der Waals surface area contributed by atoms with E-state index in [0.29, 0.717) is 60.9 Å². The van der Waals surface area contributed by atoms with Gasteiger partial charge in [0.25, 0.3) is 0 Å². The zero-order valence-electron chi connectivity index (χ0n) is 29.9. The van der Waals surface area contributed by atoms with Gasteiger partial charge in [-0.25, -0.2) is 0 Å². The summed E-state index contributed by atoms with van der Waals surface area (Å²) in [5.74, 6) is 4.21. The summed E-state index contributed by atoms with van der Waals surface area (Å²) < 4.78 is 45.6. The molecule has 2 N–H and O–H groups in total. The number of hydrogen-bond acceptors (Lipinski definition) is 10. The largest absolute Gasteiger partial charge is 0.508 e. The SMILES string of the molecule is COc1cc(COCCC[C@@H](Cc2ccc(O)cc2)[C@@H](COCc2cc(OC)c(OC)c(OC)c2)Cc2ccc(O)cc2)cc(OC)c1OC. The van der Waals surface area contributed by atoms with Crippen molar-refractivity contribution in [3.8, 4) is 46.0 Å². The van der Waals surface area contributed by atoms with E-state index in [9.17, 15) is 10.2 Å². The molecule has 0 aromatic heterocycles. The first-order valence-electron chi connectivity index (χ1n) is 16.6. The Kier molecular flexibility index (Phi) is 14.8. The number of benzene rings is 4. The van der Waals surface area contributed by atoms with Crippen LogP contribution in [0.15, 0.2) is 72.8 Å². The third-order valence-electron chi connectivity index (χ3n) is 8.72. The van der Waals surface area contributed by atoms with E-state index in [1.54, 1.807) is 66.9 Å². The van der Waals surface area contributed by atoms with Crippen LogP contribution in [0.25, 0.3) is 0 Å². The summed E-state index contributed by atoms with van der Waals surface area (Å²) in [4.78, 5) is 0. The smallest absolute Gasteiger partial charge is 0.203 e. The van der Waals surface area contributed by atoms with E-state index < -0.39 is 0 Å². The maximum Gasteiger partial charge on any atom is 0.203 e. The number of phenolic OH excluding ortho intramolecular Hbond substituents is 2. The topological polar surface area (TPSA) is 114 Å². The molecule has 270 valence electrons. The van der Waals surface area contributed by atoms with Crippen LogP contribution in [0.3, 0.4) is 0 Å². The van der Waals surface area contributed by atoms with Gasteiger partial charge in [-0.3, -0.25) is 0 Å².